The number of esters is 1. The molecule has 0 bridgehead atoms. The molecule has 0 amide bonds. The first-order valence-electron chi connectivity index (χ1n) is 5.58. The number of benzene rings is 1. The topological polar surface area (TPSA) is 98.3 Å². The number of methoxy groups -OCH3 is 1. The fourth-order valence-electron chi connectivity index (χ4n) is 1.56. The second-order valence-electron chi connectivity index (χ2n) is 3.92. The first-order chi connectivity index (χ1) is 9.08. The zero-order chi connectivity index (χ0) is 13.8. The molecule has 6 heteroatoms. The lowest BCUT2D eigenvalue weighted by molar-refractivity contribution is -0.139. The number of rotatable bonds is 3. The number of aromatic nitrogens is 2. The molecule has 2 aromatic rings. The smallest absolute Gasteiger partial charge is 0.311 e. The zero-order valence-electron chi connectivity index (χ0n) is 10.3. The molecule has 0 fully saturated rings. The van der Waals surface area contributed by atoms with E-state index in [-0.39, 0.29) is 12.3 Å². The molecule has 0 atom stereocenters. The fraction of sp³-hybridized carbons (Fsp3) is 0.154. The Kier molecular flexibility index (Phi) is 3.61. The van der Waals surface area contributed by atoms with Gasteiger partial charge in [-0.2, -0.15) is 4.98 Å². The minimum Gasteiger partial charge on any atom is -0.493 e. The summed E-state index contributed by atoms with van der Waals surface area (Å²) < 4.78 is 4.56. The Balaban J connectivity index is 2.35. The Bertz CT molecular complexity index is 597. The van der Waals surface area contributed by atoms with Crippen LogP contribution in [0.5, 0.6) is 5.88 Å². The summed E-state index contributed by atoms with van der Waals surface area (Å²) in [5, 5.41) is 9.57. The number of carbonyl (C=O) groups excluding carboxylic acids is 1. The maximum atomic E-state index is 11.2. The summed E-state index contributed by atoms with van der Waals surface area (Å²) in [6.45, 7) is 0. The van der Waals surface area contributed by atoms with E-state index in [0.717, 1.165) is 0 Å². The molecule has 19 heavy (non-hydrogen) atoms. The predicted molar refractivity (Wildman–Crippen MR) is 69.3 cm³/mol. The number of hydrogen-bond donors (Lipinski definition) is 2. The highest BCUT2D eigenvalue weighted by molar-refractivity contribution is 5.72. The molecular formula is C13H13N3O3. The highest BCUT2D eigenvalue weighted by atomic mass is 16.5. The molecule has 0 radical (unpaired) electrons. The molecule has 0 unspecified atom stereocenters. The van der Waals surface area contributed by atoms with Crippen LogP contribution in [0.1, 0.15) is 5.69 Å². The van der Waals surface area contributed by atoms with Crippen LogP contribution in [0.3, 0.4) is 0 Å². The first-order valence-corrected chi connectivity index (χ1v) is 5.58. The van der Waals surface area contributed by atoms with Gasteiger partial charge in [0.05, 0.1) is 19.2 Å². The van der Waals surface area contributed by atoms with E-state index < -0.39 is 5.97 Å². The van der Waals surface area contributed by atoms with Gasteiger partial charge in [-0.1, -0.05) is 0 Å². The van der Waals surface area contributed by atoms with Crippen molar-refractivity contribution in [3.05, 3.63) is 36.0 Å². The van der Waals surface area contributed by atoms with Crippen molar-refractivity contribution in [2.45, 2.75) is 6.42 Å². The number of aromatic hydroxyl groups is 1. The monoisotopic (exact) mass is 259 g/mol. The minimum absolute atomic E-state index is 0.0193. The maximum absolute atomic E-state index is 11.2. The molecule has 0 saturated heterocycles. The Morgan fingerprint density at radius 2 is 2.00 bits per heavy atom. The summed E-state index contributed by atoms with van der Waals surface area (Å²) in [5.74, 6) is -0.291. The third kappa shape index (κ3) is 3.19. The van der Waals surface area contributed by atoms with Crippen LogP contribution in [0.2, 0.25) is 0 Å². The molecule has 0 saturated carbocycles. The van der Waals surface area contributed by atoms with Crippen molar-refractivity contribution in [1.29, 1.82) is 0 Å². The van der Waals surface area contributed by atoms with E-state index in [1.807, 2.05) is 0 Å². The van der Waals surface area contributed by atoms with Crippen LogP contribution in [0.25, 0.3) is 11.4 Å². The molecular weight excluding hydrogens is 246 g/mol. The fourth-order valence-corrected chi connectivity index (χ4v) is 1.56. The maximum Gasteiger partial charge on any atom is 0.311 e. The van der Waals surface area contributed by atoms with Crippen molar-refractivity contribution < 1.29 is 14.6 Å². The van der Waals surface area contributed by atoms with Crippen LogP contribution in [0.15, 0.2) is 30.3 Å². The van der Waals surface area contributed by atoms with E-state index in [9.17, 15) is 9.90 Å². The molecule has 0 spiro atoms. The lowest BCUT2D eigenvalue weighted by atomic mass is 10.2. The number of nitrogens with two attached hydrogens (primary N) is 1. The van der Waals surface area contributed by atoms with Gasteiger partial charge in [0.1, 0.15) is 0 Å². The van der Waals surface area contributed by atoms with Gasteiger partial charge in [-0.15, -0.1) is 0 Å². The van der Waals surface area contributed by atoms with Crippen molar-refractivity contribution in [2.75, 3.05) is 12.8 Å². The first kappa shape index (κ1) is 12.8. The quantitative estimate of drug-likeness (QED) is 0.633. The van der Waals surface area contributed by atoms with Crippen molar-refractivity contribution in [2.24, 2.45) is 0 Å². The molecule has 98 valence electrons. The highest BCUT2D eigenvalue weighted by Gasteiger charge is 2.10. The molecule has 6 nitrogen and oxygen atoms in total. The van der Waals surface area contributed by atoms with Crippen molar-refractivity contribution in [3.8, 4) is 17.3 Å². The van der Waals surface area contributed by atoms with Gasteiger partial charge < -0.3 is 15.6 Å². The van der Waals surface area contributed by atoms with E-state index in [1.165, 1.54) is 13.2 Å². The van der Waals surface area contributed by atoms with Crippen LogP contribution < -0.4 is 5.73 Å². The summed E-state index contributed by atoms with van der Waals surface area (Å²) in [4.78, 5) is 19.3. The molecule has 1 aromatic carbocycles. The number of ether oxygens (including phenoxy) is 1. The summed E-state index contributed by atoms with van der Waals surface area (Å²) in [6, 6.07) is 8.24. The molecule has 0 aliphatic carbocycles. The van der Waals surface area contributed by atoms with Crippen molar-refractivity contribution >= 4 is 11.7 Å². The van der Waals surface area contributed by atoms with Crippen molar-refractivity contribution in [3.63, 3.8) is 0 Å². The second-order valence-corrected chi connectivity index (χ2v) is 3.92. The molecule has 0 aliphatic heterocycles. The van der Waals surface area contributed by atoms with E-state index in [4.69, 9.17) is 5.73 Å². The van der Waals surface area contributed by atoms with Crippen LogP contribution in [0, 0.1) is 0 Å². The van der Waals surface area contributed by atoms with E-state index in [1.54, 1.807) is 24.3 Å². The molecule has 1 heterocycles. The van der Waals surface area contributed by atoms with Gasteiger partial charge in [-0.25, -0.2) is 4.98 Å². The average Bonchev–Trinajstić information content (AvgIpc) is 2.38. The van der Waals surface area contributed by atoms with Gasteiger partial charge in [0.15, 0.2) is 5.82 Å². The summed E-state index contributed by atoms with van der Waals surface area (Å²) in [5.41, 5.74) is 7.32. The largest absolute Gasteiger partial charge is 0.493 e. The number of nitrogens with zero attached hydrogens (tertiary/aromatic N) is 2. The zero-order valence-corrected chi connectivity index (χ0v) is 10.3. The number of anilines is 1. The van der Waals surface area contributed by atoms with Gasteiger partial charge in [0.25, 0.3) is 0 Å². The predicted octanol–water partition coefficient (Wildman–Crippen LogP) is 1.15. The number of nitrogen functional groups attached to an aromatic ring is 1. The lowest BCUT2D eigenvalue weighted by Crippen LogP contribution is -2.07. The third-order valence-corrected chi connectivity index (χ3v) is 2.49. The molecule has 1 aromatic heterocycles. The Hall–Kier alpha value is -2.63. The summed E-state index contributed by atoms with van der Waals surface area (Å²) in [6.07, 6.45) is -0.0193. The number of carbonyl (C=O) groups is 1. The normalized spacial score (nSPS) is 10.2. The van der Waals surface area contributed by atoms with E-state index >= 15 is 0 Å². The second kappa shape index (κ2) is 5.34. The van der Waals surface area contributed by atoms with Crippen LogP contribution in [-0.4, -0.2) is 28.2 Å². The molecule has 3 N–H and O–H groups in total. The average molecular weight is 259 g/mol. The van der Waals surface area contributed by atoms with Gasteiger partial charge in [-0.3, -0.25) is 4.79 Å². The van der Waals surface area contributed by atoms with Crippen molar-refractivity contribution in [1.82, 2.24) is 9.97 Å². The summed E-state index contributed by atoms with van der Waals surface area (Å²) in [7, 11) is 1.30. The molecule has 2 rings (SSSR count). The van der Waals surface area contributed by atoms with Gasteiger partial charge in [0.2, 0.25) is 5.88 Å². The van der Waals surface area contributed by atoms with Gasteiger partial charge in [0, 0.05) is 17.3 Å². The Morgan fingerprint density at radius 3 is 2.63 bits per heavy atom. The SMILES string of the molecule is COC(=O)Cc1cc(O)nc(-c2ccc(N)cc2)n1. The molecule has 0 aliphatic rings. The Labute approximate surface area is 109 Å². The standard InChI is InChI=1S/C13H13N3O3/c1-19-12(18)7-10-6-11(17)16-13(15-10)8-2-4-9(14)5-3-8/h2-6H,7,14H2,1H3,(H,15,16,17). The Morgan fingerprint density at radius 1 is 1.32 bits per heavy atom. The highest BCUT2D eigenvalue weighted by Crippen LogP contribution is 2.20. The third-order valence-electron chi connectivity index (χ3n) is 2.49. The van der Waals surface area contributed by atoms with E-state index in [2.05, 4.69) is 14.7 Å². The van der Waals surface area contributed by atoms with E-state index in [0.29, 0.717) is 22.8 Å². The van der Waals surface area contributed by atoms with Crippen LogP contribution >= 0.6 is 0 Å². The summed E-state index contributed by atoms with van der Waals surface area (Å²) >= 11 is 0. The van der Waals surface area contributed by atoms with Crippen LogP contribution in [-0.2, 0) is 16.0 Å². The lowest BCUT2D eigenvalue weighted by Gasteiger charge is -2.05. The van der Waals surface area contributed by atoms with Crippen LogP contribution in [0.4, 0.5) is 5.69 Å². The van der Waals surface area contributed by atoms with Gasteiger partial charge >= 0.3 is 5.97 Å². The van der Waals surface area contributed by atoms with Gasteiger partial charge in [-0.05, 0) is 24.3 Å². The number of hydrogen-bond acceptors (Lipinski definition) is 6. The minimum atomic E-state index is -0.429.